The highest BCUT2D eigenvalue weighted by Gasteiger charge is 2.50. The zero-order chi connectivity index (χ0) is 22.1. The molecule has 164 valence electrons. The van der Waals surface area contributed by atoms with Crippen molar-refractivity contribution in [1.82, 2.24) is 4.90 Å². The van der Waals surface area contributed by atoms with E-state index in [1.807, 2.05) is 59.5 Å². The third kappa shape index (κ3) is 3.94. The average molecular weight is 452 g/mol. The summed E-state index contributed by atoms with van der Waals surface area (Å²) in [6.45, 7) is 0.774. The number of fused-ring (bicyclic) bond motifs is 1. The van der Waals surface area contributed by atoms with Crippen LogP contribution in [0.25, 0.3) is 0 Å². The SMILES string of the molecule is COc1ccc(O[C@H]2C(=O)N(CCc3ccc(Cl)cc3)[C@H]2c2ccc3c(c2)OCO3)cc1. The summed E-state index contributed by atoms with van der Waals surface area (Å²) in [4.78, 5) is 14.9. The highest BCUT2D eigenvalue weighted by molar-refractivity contribution is 6.30. The van der Waals surface area contributed by atoms with E-state index in [4.69, 9.17) is 30.5 Å². The number of halogens is 1. The Morgan fingerprint density at radius 2 is 1.69 bits per heavy atom. The molecule has 1 saturated heterocycles. The van der Waals surface area contributed by atoms with E-state index >= 15 is 0 Å². The lowest BCUT2D eigenvalue weighted by atomic mass is 9.89. The molecule has 0 N–H and O–H groups in total. The van der Waals surface area contributed by atoms with Gasteiger partial charge in [-0.1, -0.05) is 29.8 Å². The van der Waals surface area contributed by atoms with Gasteiger partial charge < -0.3 is 23.8 Å². The number of amides is 1. The molecule has 0 aromatic heterocycles. The Morgan fingerprint density at radius 3 is 2.44 bits per heavy atom. The van der Waals surface area contributed by atoms with E-state index in [0.29, 0.717) is 28.8 Å². The van der Waals surface area contributed by atoms with E-state index in [9.17, 15) is 4.79 Å². The average Bonchev–Trinajstić information content (AvgIpc) is 3.29. The van der Waals surface area contributed by atoms with E-state index in [1.54, 1.807) is 19.2 Å². The van der Waals surface area contributed by atoms with Gasteiger partial charge in [-0.05, 0) is 66.1 Å². The van der Waals surface area contributed by atoms with Gasteiger partial charge in [0.25, 0.3) is 5.91 Å². The minimum absolute atomic E-state index is 0.0440. The number of hydrogen-bond acceptors (Lipinski definition) is 5. The van der Waals surface area contributed by atoms with E-state index in [1.165, 1.54) is 0 Å². The summed E-state index contributed by atoms with van der Waals surface area (Å²) >= 11 is 5.99. The second kappa shape index (κ2) is 8.63. The second-order valence-corrected chi connectivity index (χ2v) is 8.12. The van der Waals surface area contributed by atoms with Gasteiger partial charge in [-0.15, -0.1) is 0 Å². The van der Waals surface area contributed by atoms with Crippen molar-refractivity contribution in [1.29, 1.82) is 0 Å². The van der Waals surface area contributed by atoms with Crippen LogP contribution in [0, 0.1) is 0 Å². The van der Waals surface area contributed by atoms with Crippen LogP contribution in [0.3, 0.4) is 0 Å². The standard InChI is InChI=1S/C25H22ClNO5/c1-29-19-7-9-20(10-8-19)32-24-23(17-4-11-21-22(14-17)31-15-30-21)27(25(24)28)13-12-16-2-5-18(26)6-3-16/h2-11,14,23-24H,12-13,15H2,1H3/t23-,24+/m0/s1. The lowest BCUT2D eigenvalue weighted by molar-refractivity contribution is -0.164. The summed E-state index contributed by atoms with van der Waals surface area (Å²) in [7, 11) is 1.61. The maximum Gasteiger partial charge on any atom is 0.266 e. The number of carbonyl (C=O) groups excluding carboxylic acids is 1. The summed E-state index contributed by atoms with van der Waals surface area (Å²) in [5, 5.41) is 0.694. The van der Waals surface area contributed by atoms with Gasteiger partial charge >= 0.3 is 0 Å². The van der Waals surface area contributed by atoms with Gasteiger partial charge in [0.1, 0.15) is 17.5 Å². The Bertz CT molecular complexity index is 1120. The number of methoxy groups -OCH3 is 1. The normalized spacial score (nSPS) is 18.9. The third-order valence-corrected chi connectivity index (χ3v) is 6.02. The molecule has 0 unspecified atom stereocenters. The summed E-state index contributed by atoms with van der Waals surface area (Å²) in [5.74, 6) is 2.70. The van der Waals surface area contributed by atoms with Crippen LogP contribution in [0.5, 0.6) is 23.0 Å². The van der Waals surface area contributed by atoms with Crippen LogP contribution in [-0.2, 0) is 11.2 Å². The predicted octanol–water partition coefficient (Wildman–Crippen LogP) is 4.65. The van der Waals surface area contributed by atoms with Gasteiger partial charge in [0.2, 0.25) is 12.9 Å². The molecular formula is C25H22ClNO5. The van der Waals surface area contributed by atoms with Gasteiger partial charge in [0.05, 0.1) is 7.11 Å². The molecule has 6 nitrogen and oxygen atoms in total. The lowest BCUT2D eigenvalue weighted by Crippen LogP contribution is -2.61. The molecule has 3 aromatic carbocycles. The molecule has 1 fully saturated rings. The fraction of sp³-hybridized carbons (Fsp3) is 0.240. The van der Waals surface area contributed by atoms with Crippen molar-refractivity contribution in [3.05, 3.63) is 82.9 Å². The number of rotatable bonds is 7. The summed E-state index contributed by atoms with van der Waals surface area (Å²) in [5.41, 5.74) is 2.06. The number of nitrogens with zero attached hydrogens (tertiary/aromatic N) is 1. The first kappa shape index (κ1) is 20.5. The van der Waals surface area contributed by atoms with Crippen LogP contribution >= 0.6 is 11.6 Å². The smallest absolute Gasteiger partial charge is 0.266 e. The van der Waals surface area contributed by atoms with Crippen molar-refractivity contribution < 1.29 is 23.7 Å². The molecule has 0 aliphatic carbocycles. The molecule has 7 heteroatoms. The number of hydrogen-bond donors (Lipinski definition) is 0. The molecular weight excluding hydrogens is 430 g/mol. The molecule has 2 aliphatic rings. The third-order valence-electron chi connectivity index (χ3n) is 5.76. The Balaban J connectivity index is 1.38. The van der Waals surface area contributed by atoms with Crippen molar-refractivity contribution in [3.63, 3.8) is 0 Å². The van der Waals surface area contributed by atoms with E-state index in [-0.39, 0.29) is 18.7 Å². The Kier molecular flexibility index (Phi) is 5.53. The highest BCUT2D eigenvalue weighted by atomic mass is 35.5. The molecule has 5 rings (SSSR count). The van der Waals surface area contributed by atoms with Gasteiger partial charge in [-0.2, -0.15) is 0 Å². The fourth-order valence-electron chi connectivity index (χ4n) is 4.03. The van der Waals surface area contributed by atoms with Crippen LogP contribution < -0.4 is 18.9 Å². The molecule has 0 radical (unpaired) electrons. The molecule has 2 heterocycles. The molecule has 3 aromatic rings. The first-order chi connectivity index (χ1) is 15.6. The number of carbonyl (C=O) groups is 1. The van der Waals surface area contributed by atoms with Gasteiger partial charge in [0, 0.05) is 11.6 Å². The molecule has 2 aliphatic heterocycles. The van der Waals surface area contributed by atoms with Crippen molar-refractivity contribution in [2.75, 3.05) is 20.4 Å². The zero-order valence-corrected chi connectivity index (χ0v) is 18.2. The van der Waals surface area contributed by atoms with E-state index in [2.05, 4.69) is 0 Å². The molecule has 0 spiro atoms. The van der Waals surface area contributed by atoms with Crippen LogP contribution in [0.15, 0.2) is 66.7 Å². The van der Waals surface area contributed by atoms with Gasteiger partial charge in [-0.3, -0.25) is 4.79 Å². The second-order valence-electron chi connectivity index (χ2n) is 7.68. The fourth-order valence-corrected chi connectivity index (χ4v) is 4.16. The van der Waals surface area contributed by atoms with Crippen molar-refractivity contribution in [2.24, 2.45) is 0 Å². The number of β-lactam (4-membered cyclic amide) rings is 1. The zero-order valence-electron chi connectivity index (χ0n) is 17.5. The summed E-state index contributed by atoms with van der Waals surface area (Å²) < 4.78 is 22.3. The van der Waals surface area contributed by atoms with E-state index < -0.39 is 6.10 Å². The van der Waals surface area contributed by atoms with Crippen molar-refractivity contribution >= 4 is 17.5 Å². The van der Waals surface area contributed by atoms with Crippen molar-refractivity contribution in [3.8, 4) is 23.0 Å². The molecule has 1 amide bonds. The Morgan fingerprint density at radius 1 is 0.969 bits per heavy atom. The lowest BCUT2D eigenvalue weighted by Gasteiger charge is -2.47. The first-order valence-electron chi connectivity index (χ1n) is 10.4. The maximum atomic E-state index is 13.1. The topological polar surface area (TPSA) is 57.2 Å². The number of likely N-dealkylation sites (tertiary alicyclic amines) is 1. The molecule has 32 heavy (non-hydrogen) atoms. The monoisotopic (exact) mass is 451 g/mol. The largest absolute Gasteiger partial charge is 0.497 e. The van der Waals surface area contributed by atoms with Crippen LogP contribution in [0.1, 0.15) is 17.2 Å². The molecule has 0 bridgehead atoms. The molecule has 2 atom stereocenters. The van der Waals surface area contributed by atoms with Crippen LogP contribution in [0.4, 0.5) is 0 Å². The quantitative estimate of drug-likeness (QED) is 0.489. The predicted molar refractivity (Wildman–Crippen MR) is 120 cm³/mol. The Hall–Kier alpha value is -3.38. The van der Waals surface area contributed by atoms with Gasteiger partial charge in [-0.25, -0.2) is 0 Å². The van der Waals surface area contributed by atoms with Crippen LogP contribution in [0.2, 0.25) is 5.02 Å². The Labute approximate surface area is 191 Å². The van der Waals surface area contributed by atoms with Crippen molar-refractivity contribution in [2.45, 2.75) is 18.6 Å². The maximum absolute atomic E-state index is 13.1. The number of benzene rings is 3. The first-order valence-corrected chi connectivity index (χ1v) is 10.8. The number of ether oxygens (including phenoxy) is 4. The highest BCUT2D eigenvalue weighted by Crippen LogP contribution is 2.42. The summed E-state index contributed by atoms with van der Waals surface area (Å²) in [6, 6.07) is 20.5. The van der Waals surface area contributed by atoms with E-state index in [0.717, 1.165) is 23.3 Å². The summed E-state index contributed by atoms with van der Waals surface area (Å²) in [6.07, 6.45) is 0.105. The molecule has 0 saturated carbocycles. The van der Waals surface area contributed by atoms with Gasteiger partial charge in [0.15, 0.2) is 11.5 Å². The van der Waals surface area contributed by atoms with Crippen LogP contribution in [-0.4, -0.2) is 37.4 Å². The minimum atomic E-state index is -0.617. The minimum Gasteiger partial charge on any atom is -0.497 e.